The molecule has 4 rings (SSSR count). The first kappa shape index (κ1) is 21.2. The molecule has 160 valence electrons. The molecule has 4 aromatic rings. The van der Waals surface area contributed by atoms with Crippen molar-refractivity contribution in [2.24, 2.45) is 0 Å². The smallest absolute Gasteiger partial charge is 0.340 e. The van der Waals surface area contributed by atoms with Gasteiger partial charge >= 0.3 is 5.63 Å². The summed E-state index contributed by atoms with van der Waals surface area (Å²) in [6.07, 6.45) is 1.70. The number of rotatable bonds is 4. The van der Waals surface area contributed by atoms with Gasteiger partial charge in [0.05, 0.1) is 18.2 Å². The van der Waals surface area contributed by atoms with E-state index in [1.54, 1.807) is 24.5 Å². The first-order chi connectivity index (χ1) is 14.6. The fraction of sp³-hybridized carbons (Fsp3) is 0.280. The van der Waals surface area contributed by atoms with Gasteiger partial charge in [-0.25, -0.2) is 4.79 Å². The zero-order valence-electron chi connectivity index (χ0n) is 18.0. The standard InChI is InChI=1S/C25H24ClNO4/c1-14-17-9-19-20(25(2,3)4)13-30-21(19)11-22(17)31-24(29)18(14)10-23(28)27-12-15-5-7-16(26)8-6-15/h5-9,11,13H,10,12H2,1-4H3,(H,27,28). The molecular formula is C25H24ClNO4. The lowest BCUT2D eigenvalue weighted by Crippen LogP contribution is -2.27. The largest absolute Gasteiger partial charge is 0.464 e. The molecule has 0 spiro atoms. The van der Waals surface area contributed by atoms with Gasteiger partial charge in [0.15, 0.2) is 0 Å². The number of amides is 1. The molecular weight excluding hydrogens is 414 g/mol. The number of nitrogens with one attached hydrogen (secondary N) is 1. The first-order valence-electron chi connectivity index (χ1n) is 10.1. The van der Waals surface area contributed by atoms with Crippen LogP contribution in [-0.4, -0.2) is 5.91 Å². The summed E-state index contributed by atoms with van der Waals surface area (Å²) in [7, 11) is 0. The van der Waals surface area contributed by atoms with E-state index in [9.17, 15) is 9.59 Å². The molecule has 2 aromatic carbocycles. The fourth-order valence-electron chi connectivity index (χ4n) is 3.72. The quantitative estimate of drug-likeness (QED) is 0.418. The molecule has 0 aliphatic rings. The van der Waals surface area contributed by atoms with E-state index in [0.29, 0.717) is 28.3 Å². The second-order valence-corrected chi connectivity index (χ2v) is 9.25. The topological polar surface area (TPSA) is 72.5 Å². The van der Waals surface area contributed by atoms with Crippen molar-refractivity contribution in [1.29, 1.82) is 0 Å². The number of aryl methyl sites for hydroxylation is 1. The second-order valence-electron chi connectivity index (χ2n) is 8.82. The molecule has 0 saturated heterocycles. The van der Waals surface area contributed by atoms with Crippen molar-refractivity contribution in [3.63, 3.8) is 0 Å². The number of carbonyl (C=O) groups excluding carboxylic acids is 1. The molecule has 0 radical (unpaired) electrons. The highest BCUT2D eigenvalue weighted by atomic mass is 35.5. The Kier molecular flexibility index (Phi) is 5.40. The van der Waals surface area contributed by atoms with Crippen LogP contribution in [0, 0.1) is 6.92 Å². The summed E-state index contributed by atoms with van der Waals surface area (Å²) in [5.41, 5.74) is 3.65. The summed E-state index contributed by atoms with van der Waals surface area (Å²) in [5.74, 6) is -0.246. The van der Waals surface area contributed by atoms with Gasteiger partial charge in [0.25, 0.3) is 0 Å². The Morgan fingerprint density at radius 2 is 1.77 bits per heavy atom. The Morgan fingerprint density at radius 3 is 2.45 bits per heavy atom. The summed E-state index contributed by atoms with van der Waals surface area (Å²) in [6, 6.07) is 11.0. The number of hydrogen-bond acceptors (Lipinski definition) is 4. The third kappa shape index (κ3) is 4.23. The monoisotopic (exact) mass is 437 g/mol. The van der Waals surface area contributed by atoms with Gasteiger partial charge in [-0.2, -0.15) is 0 Å². The molecule has 2 heterocycles. The number of fused-ring (bicyclic) bond motifs is 2. The van der Waals surface area contributed by atoms with Crippen LogP contribution in [0.15, 0.2) is 56.3 Å². The van der Waals surface area contributed by atoms with Crippen molar-refractivity contribution in [2.45, 2.75) is 46.1 Å². The zero-order valence-corrected chi connectivity index (χ0v) is 18.7. The minimum absolute atomic E-state index is 0.0484. The number of hydrogen-bond donors (Lipinski definition) is 1. The molecule has 2 aromatic heterocycles. The number of furan rings is 1. The van der Waals surface area contributed by atoms with E-state index in [-0.39, 0.29) is 17.7 Å². The van der Waals surface area contributed by atoms with Crippen LogP contribution in [0.2, 0.25) is 5.02 Å². The summed E-state index contributed by atoms with van der Waals surface area (Å²) < 4.78 is 11.2. The van der Waals surface area contributed by atoms with Crippen LogP contribution in [-0.2, 0) is 23.2 Å². The minimum atomic E-state index is -0.506. The summed E-state index contributed by atoms with van der Waals surface area (Å²) in [5, 5.41) is 5.27. The molecule has 0 saturated carbocycles. The van der Waals surface area contributed by atoms with Crippen molar-refractivity contribution in [3.8, 4) is 0 Å². The highest BCUT2D eigenvalue weighted by Gasteiger charge is 2.22. The predicted octanol–water partition coefficient (Wildman–Crippen LogP) is 5.66. The van der Waals surface area contributed by atoms with E-state index in [2.05, 4.69) is 26.1 Å². The second kappa shape index (κ2) is 7.89. The van der Waals surface area contributed by atoms with Gasteiger partial charge in [0.2, 0.25) is 5.91 Å². The van der Waals surface area contributed by atoms with Crippen LogP contribution in [0.4, 0.5) is 0 Å². The Morgan fingerprint density at radius 1 is 1.06 bits per heavy atom. The third-order valence-electron chi connectivity index (χ3n) is 5.53. The van der Waals surface area contributed by atoms with Gasteiger partial charge in [-0.15, -0.1) is 0 Å². The zero-order chi connectivity index (χ0) is 22.3. The van der Waals surface area contributed by atoms with Crippen molar-refractivity contribution < 1.29 is 13.6 Å². The minimum Gasteiger partial charge on any atom is -0.464 e. The van der Waals surface area contributed by atoms with E-state index in [1.165, 1.54) is 0 Å². The molecule has 0 aliphatic heterocycles. The highest BCUT2D eigenvalue weighted by Crippen LogP contribution is 2.35. The number of benzene rings is 2. The molecule has 0 atom stereocenters. The normalized spacial score (nSPS) is 11.9. The summed E-state index contributed by atoms with van der Waals surface area (Å²) in [4.78, 5) is 25.1. The van der Waals surface area contributed by atoms with Crippen LogP contribution >= 0.6 is 11.6 Å². The Labute approximate surface area is 185 Å². The third-order valence-corrected chi connectivity index (χ3v) is 5.78. The summed E-state index contributed by atoms with van der Waals surface area (Å²) >= 11 is 5.89. The van der Waals surface area contributed by atoms with Crippen LogP contribution in [0.3, 0.4) is 0 Å². The Hall–Kier alpha value is -3.05. The van der Waals surface area contributed by atoms with E-state index in [1.807, 2.05) is 25.1 Å². The molecule has 0 fully saturated rings. The SMILES string of the molecule is Cc1c(CC(=O)NCc2ccc(Cl)cc2)c(=O)oc2cc3occ(C(C)(C)C)c3cc12. The molecule has 0 aliphatic carbocycles. The summed E-state index contributed by atoms with van der Waals surface area (Å²) in [6.45, 7) is 8.57. The fourth-order valence-corrected chi connectivity index (χ4v) is 3.85. The van der Waals surface area contributed by atoms with Gasteiger partial charge in [0, 0.05) is 34.0 Å². The maximum absolute atomic E-state index is 12.6. The molecule has 1 amide bonds. The van der Waals surface area contributed by atoms with Gasteiger partial charge in [-0.1, -0.05) is 44.5 Å². The van der Waals surface area contributed by atoms with E-state index in [0.717, 1.165) is 27.5 Å². The van der Waals surface area contributed by atoms with Crippen molar-refractivity contribution in [3.05, 3.63) is 80.4 Å². The number of halogens is 1. The lowest BCUT2D eigenvalue weighted by atomic mass is 9.86. The lowest BCUT2D eigenvalue weighted by Gasteiger charge is -2.16. The number of carbonyl (C=O) groups is 1. The van der Waals surface area contributed by atoms with Gasteiger partial charge in [0.1, 0.15) is 11.2 Å². The molecule has 6 heteroatoms. The van der Waals surface area contributed by atoms with Crippen LogP contribution in [0.25, 0.3) is 21.9 Å². The van der Waals surface area contributed by atoms with Crippen molar-refractivity contribution >= 4 is 39.4 Å². The average molecular weight is 438 g/mol. The predicted molar refractivity (Wildman–Crippen MR) is 123 cm³/mol. The molecule has 5 nitrogen and oxygen atoms in total. The lowest BCUT2D eigenvalue weighted by molar-refractivity contribution is -0.120. The molecule has 0 bridgehead atoms. The van der Waals surface area contributed by atoms with Crippen LogP contribution in [0.5, 0.6) is 0 Å². The maximum atomic E-state index is 12.6. The van der Waals surface area contributed by atoms with Gasteiger partial charge in [-0.05, 0) is 41.7 Å². The highest BCUT2D eigenvalue weighted by molar-refractivity contribution is 6.30. The molecule has 31 heavy (non-hydrogen) atoms. The van der Waals surface area contributed by atoms with Gasteiger partial charge < -0.3 is 14.2 Å². The Bertz CT molecular complexity index is 1340. The molecule has 0 unspecified atom stereocenters. The van der Waals surface area contributed by atoms with Crippen LogP contribution in [0.1, 0.15) is 43.0 Å². The Balaban J connectivity index is 1.65. The molecule has 1 N–H and O–H groups in total. The van der Waals surface area contributed by atoms with Gasteiger partial charge in [-0.3, -0.25) is 4.79 Å². The van der Waals surface area contributed by atoms with Crippen molar-refractivity contribution in [1.82, 2.24) is 5.32 Å². The van der Waals surface area contributed by atoms with Crippen LogP contribution < -0.4 is 10.9 Å². The van der Waals surface area contributed by atoms with E-state index >= 15 is 0 Å². The van der Waals surface area contributed by atoms with E-state index < -0.39 is 5.63 Å². The van der Waals surface area contributed by atoms with Crippen molar-refractivity contribution in [2.75, 3.05) is 0 Å². The van der Waals surface area contributed by atoms with E-state index in [4.69, 9.17) is 20.4 Å². The maximum Gasteiger partial charge on any atom is 0.340 e. The first-order valence-corrected chi connectivity index (χ1v) is 10.5. The average Bonchev–Trinajstić information content (AvgIpc) is 3.13.